The van der Waals surface area contributed by atoms with E-state index in [4.69, 9.17) is 21.1 Å². The second-order valence-corrected chi connectivity index (χ2v) is 8.58. The van der Waals surface area contributed by atoms with Crippen LogP contribution in [-0.4, -0.2) is 77.8 Å². The first kappa shape index (κ1) is 22.4. The van der Waals surface area contributed by atoms with Crippen LogP contribution in [0.2, 0.25) is 5.02 Å². The number of hydrogen-bond acceptors (Lipinski definition) is 9. The molecule has 1 aliphatic carbocycles. The zero-order chi connectivity index (χ0) is 22.1. The monoisotopic (exact) mass is 454 g/mol. The second-order valence-electron chi connectivity index (χ2n) is 8.17. The van der Waals surface area contributed by atoms with Gasteiger partial charge in [-0.05, 0) is 48.6 Å². The summed E-state index contributed by atoms with van der Waals surface area (Å²) in [6.07, 6.45) is -2.79. The lowest BCUT2D eigenvalue weighted by Gasteiger charge is -2.40. The lowest BCUT2D eigenvalue weighted by atomic mass is 9.87. The van der Waals surface area contributed by atoms with Crippen molar-refractivity contribution in [3.05, 3.63) is 34.6 Å². The lowest BCUT2D eigenvalue weighted by molar-refractivity contribution is -0.231. The van der Waals surface area contributed by atoms with Crippen LogP contribution in [0.25, 0.3) is 0 Å². The zero-order valence-corrected chi connectivity index (χ0v) is 17.8. The smallest absolute Gasteiger partial charge is 0.177 e. The number of hydrogen-bond donors (Lipinski definition) is 4. The van der Waals surface area contributed by atoms with Gasteiger partial charge in [-0.3, -0.25) is 0 Å². The molecule has 4 N–H and O–H groups in total. The third kappa shape index (κ3) is 4.69. The predicted molar refractivity (Wildman–Crippen MR) is 109 cm³/mol. The summed E-state index contributed by atoms with van der Waals surface area (Å²) in [4.78, 5) is 1.46. The van der Waals surface area contributed by atoms with Crippen molar-refractivity contribution in [1.29, 1.82) is 0 Å². The van der Waals surface area contributed by atoms with Gasteiger partial charge in [0.2, 0.25) is 0 Å². The van der Waals surface area contributed by atoms with Crippen LogP contribution in [0.5, 0.6) is 5.75 Å². The molecule has 0 bridgehead atoms. The molecule has 2 heterocycles. The van der Waals surface area contributed by atoms with Gasteiger partial charge >= 0.3 is 0 Å². The molecule has 0 amide bonds. The minimum absolute atomic E-state index is 0.0320. The Balaban J connectivity index is 1.44. The van der Waals surface area contributed by atoms with Crippen LogP contribution in [0.15, 0.2) is 18.2 Å². The fourth-order valence-corrected chi connectivity index (χ4v) is 4.41. The zero-order valence-electron chi connectivity index (χ0n) is 17.1. The van der Waals surface area contributed by atoms with E-state index in [1.54, 1.807) is 25.2 Å². The van der Waals surface area contributed by atoms with Gasteiger partial charge in [-0.1, -0.05) is 17.7 Å². The van der Waals surface area contributed by atoms with Crippen molar-refractivity contribution in [2.75, 3.05) is 6.61 Å². The summed E-state index contributed by atoms with van der Waals surface area (Å²) in [5, 5.41) is 52.6. The van der Waals surface area contributed by atoms with E-state index in [0.29, 0.717) is 16.3 Å². The molecule has 4 rings (SSSR count). The number of aromatic nitrogens is 4. The van der Waals surface area contributed by atoms with Crippen molar-refractivity contribution in [3.8, 4) is 5.75 Å². The third-order valence-electron chi connectivity index (χ3n) is 6.03. The van der Waals surface area contributed by atoms with Gasteiger partial charge in [-0.2, -0.15) is 4.80 Å². The van der Waals surface area contributed by atoms with E-state index in [9.17, 15) is 20.4 Å². The van der Waals surface area contributed by atoms with E-state index in [2.05, 4.69) is 15.4 Å². The summed E-state index contributed by atoms with van der Waals surface area (Å²) in [6, 6.07) is 4.98. The van der Waals surface area contributed by atoms with Crippen LogP contribution < -0.4 is 4.74 Å². The number of ether oxygens (including phenoxy) is 2. The van der Waals surface area contributed by atoms with Crippen molar-refractivity contribution in [2.24, 2.45) is 7.05 Å². The van der Waals surface area contributed by atoms with Crippen molar-refractivity contribution in [2.45, 2.75) is 68.2 Å². The molecule has 0 radical (unpaired) electrons. The average molecular weight is 455 g/mol. The molecular formula is C20H27ClN4O6. The Morgan fingerprint density at radius 2 is 1.87 bits per heavy atom. The van der Waals surface area contributed by atoms with Crippen LogP contribution >= 0.6 is 11.6 Å². The SMILES string of the molecule is Cn1nnc(C2CCC(Oc3cc([C@@H]4O[C@H](CO)[C@@H](O)[C@H](O)[C@H]4O)ccc3Cl)CC2)n1. The molecule has 2 fully saturated rings. The van der Waals surface area contributed by atoms with E-state index in [-0.39, 0.29) is 12.0 Å². The first-order valence-electron chi connectivity index (χ1n) is 10.4. The maximum Gasteiger partial charge on any atom is 0.177 e. The number of benzene rings is 1. The molecule has 1 aliphatic heterocycles. The Labute approximate surface area is 184 Å². The largest absolute Gasteiger partial charge is 0.489 e. The molecule has 1 saturated carbocycles. The number of halogens is 1. The maximum atomic E-state index is 10.4. The highest BCUT2D eigenvalue weighted by Gasteiger charge is 2.44. The van der Waals surface area contributed by atoms with Crippen molar-refractivity contribution in [1.82, 2.24) is 20.2 Å². The van der Waals surface area contributed by atoms with Crippen LogP contribution in [0.1, 0.15) is 49.1 Å². The Kier molecular flexibility index (Phi) is 6.75. The Bertz CT molecular complexity index is 888. The molecule has 31 heavy (non-hydrogen) atoms. The molecule has 170 valence electrons. The van der Waals surface area contributed by atoms with Gasteiger partial charge < -0.3 is 29.9 Å². The molecule has 1 aromatic heterocycles. The number of tetrazole rings is 1. The van der Waals surface area contributed by atoms with E-state index in [1.807, 2.05) is 0 Å². The molecular weight excluding hydrogens is 428 g/mol. The Morgan fingerprint density at radius 3 is 2.52 bits per heavy atom. The summed E-state index contributed by atoms with van der Waals surface area (Å²) >= 11 is 6.34. The number of aliphatic hydroxyl groups excluding tert-OH is 4. The number of nitrogens with zero attached hydrogens (tertiary/aromatic N) is 4. The normalized spacial score (nSPS) is 33.9. The number of aliphatic hydroxyl groups is 4. The summed E-state index contributed by atoms with van der Waals surface area (Å²) in [6.45, 7) is -0.484. The lowest BCUT2D eigenvalue weighted by Crippen LogP contribution is -2.55. The first-order valence-corrected chi connectivity index (χ1v) is 10.8. The van der Waals surface area contributed by atoms with Gasteiger partial charge in [0.15, 0.2) is 5.82 Å². The summed E-state index contributed by atoms with van der Waals surface area (Å²) in [5.74, 6) is 1.46. The van der Waals surface area contributed by atoms with Crippen molar-refractivity contribution in [3.63, 3.8) is 0 Å². The van der Waals surface area contributed by atoms with Gasteiger partial charge in [0.1, 0.15) is 36.3 Å². The highest BCUT2D eigenvalue weighted by Crippen LogP contribution is 2.38. The molecule has 5 atom stereocenters. The van der Waals surface area contributed by atoms with Crippen LogP contribution in [-0.2, 0) is 11.8 Å². The Hall–Kier alpha value is -1.82. The van der Waals surface area contributed by atoms with Crippen molar-refractivity contribution >= 4 is 11.6 Å². The topological polar surface area (TPSA) is 143 Å². The molecule has 2 aromatic rings. The number of aryl methyl sites for hydroxylation is 1. The van der Waals surface area contributed by atoms with Gasteiger partial charge in [0.05, 0.1) is 24.8 Å². The summed E-state index contributed by atoms with van der Waals surface area (Å²) in [7, 11) is 1.75. The highest BCUT2D eigenvalue weighted by atomic mass is 35.5. The van der Waals surface area contributed by atoms with E-state index < -0.39 is 37.1 Å². The van der Waals surface area contributed by atoms with E-state index in [1.165, 1.54) is 4.80 Å². The number of rotatable bonds is 5. The predicted octanol–water partition coefficient (Wildman–Crippen LogP) is 0.484. The molecule has 0 spiro atoms. The molecule has 1 saturated heterocycles. The van der Waals surface area contributed by atoms with Crippen LogP contribution in [0.4, 0.5) is 0 Å². The third-order valence-corrected chi connectivity index (χ3v) is 6.35. The van der Waals surface area contributed by atoms with E-state index >= 15 is 0 Å². The van der Waals surface area contributed by atoms with Crippen LogP contribution in [0.3, 0.4) is 0 Å². The highest BCUT2D eigenvalue weighted by molar-refractivity contribution is 6.32. The molecule has 0 unspecified atom stereocenters. The fraction of sp³-hybridized carbons (Fsp3) is 0.650. The standard InChI is InChI=1S/C20H27ClN4O6/c1-25-23-20(22-24-25)10-2-5-12(6-3-10)30-14-8-11(4-7-13(14)21)19-18(29)17(28)16(27)15(9-26)31-19/h4,7-8,10,12,15-19,26-29H,2-3,5-6,9H2,1H3/t10?,12?,15-,16-,17+,18-,19+/m1/s1. The summed E-state index contributed by atoms with van der Waals surface area (Å²) in [5.41, 5.74) is 0.536. The molecule has 11 heteroatoms. The second kappa shape index (κ2) is 9.35. The van der Waals surface area contributed by atoms with E-state index in [0.717, 1.165) is 31.5 Å². The van der Waals surface area contributed by atoms with Crippen molar-refractivity contribution < 1.29 is 29.9 Å². The molecule has 2 aliphatic rings. The quantitative estimate of drug-likeness (QED) is 0.507. The summed E-state index contributed by atoms with van der Waals surface area (Å²) < 4.78 is 11.8. The minimum atomic E-state index is -1.44. The van der Waals surface area contributed by atoms with Gasteiger partial charge in [0.25, 0.3) is 0 Å². The van der Waals surface area contributed by atoms with Gasteiger partial charge in [-0.15, -0.1) is 10.2 Å². The maximum absolute atomic E-state index is 10.4. The molecule has 10 nitrogen and oxygen atoms in total. The van der Waals surface area contributed by atoms with Gasteiger partial charge in [-0.25, -0.2) is 0 Å². The van der Waals surface area contributed by atoms with Crippen LogP contribution in [0, 0.1) is 0 Å². The first-order chi connectivity index (χ1) is 14.9. The molecule has 1 aromatic carbocycles. The van der Waals surface area contributed by atoms with Gasteiger partial charge in [0, 0.05) is 5.92 Å². The Morgan fingerprint density at radius 1 is 1.13 bits per heavy atom. The fourth-order valence-electron chi connectivity index (χ4n) is 4.24. The minimum Gasteiger partial charge on any atom is -0.489 e. The average Bonchev–Trinajstić information content (AvgIpc) is 3.21.